The number of phenolic OH excluding ortho intramolecular Hbond substituents is 2. The topological polar surface area (TPSA) is 105 Å². The van der Waals surface area contributed by atoms with Gasteiger partial charge in [-0.2, -0.15) is 0 Å². The lowest BCUT2D eigenvalue weighted by Crippen LogP contribution is -2.29. The van der Waals surface area contributed by atoms with Gasteiger partial charge in [0.25, 0.3) is 0 Å². The second-order valence-electron chi connectivity index (χ2n) is 10.5. The Bertz CT molecular complexity index is 1250. The molecule has 2 aromatic rings. The van der Waals surface area contributed by atoms with Crippen molar-refractivity contribution in [2.45, 2.75) is 66.3 Å². The molecule has 0 aliphatic heterocycles. The molecular weight excluding hydrogens is 530 g/mol. The van der Waals surface area contributed by atoms with E-state index in [0.29, 0.717) is 12.8 Å². The molecule has 10 heteroatoms. The van der Waals surface area contributed by atoms with Gasteiger partial charge in [-0.3, -0.25) is 9.59 Å². The van der Waals surface area contributed by atoms with E-state index in [-0.39, 0.29) is 23.7 Å². The van der Waals surface area contributed by atoms with Crippen molar-refractivity contribution >= 4 is 22.9 Å². The molecule has 0 heterocycles. The number of rotatable bonds is 16. The highest BCUT2D eigenvalue weighted by Crippen LogP contribution is 2.44. The van der Waals surface area contributed by atoms with Crippen LogP contribution in [0, 0.1) is 11.6 Å². The van der Waals surface area contributed by atoms with Gasteiger partial charge in [-0.1, -0.05) is 27.7 Å². The molecule has 4 N–H and O–H groups in total. The molecule has 41 heavy (non-hydrogen) atoms. The maximum absolute atomic E-state index is 15.7. The monoisotopic (exact) mass is 574 g/mol. The quantitative estimate of drug-likeness (QED) is 0.129. The van der Waals surface area contributed by atoms with E-state index in [1.54, 1.807) is 6.92 Å². The molecule has 3 rings (SSSR count). The van der Waals surface area contributed by atoms with Crippen LogP contribution < -0.4 is 10.6 Å². The molecule has 0 bridgehead atoms. The molecule has 0 amide bonds. The van der Waals surface area contributed by atoms with E-state index >= 15 is 8.78 Å². The Kier molecular flexibility index (Phi) is 11.5. The molecule has 226 valence electrons. The number of carbonyl (C=O) groups is 2. The number of phenols is 2. The lowest BCUT2D eigenvalue weighted by atomic mass is 9.80. The number of carbonyl (C=O) groups excluding carboxylic acids is 2. The van der Waals surface area contributed by atoms with Crippen LogP contribution in [0.1, 0.15) is 92.1 Å². The minimum atomic E-state index is -1.27. The molecule has 1 aliphatic rings. The van der Waals surface area contributed by atoms with Crippen molar-refractivity contribution in [3.63, 3.8) is 0 Å². The first-order valence-electron chi connectivity index (χ1n) is 14.7. The van der Waals surface area contributed by atoms with Gasteiger partial charge in [-0.25, -0.2) is 8.78 Å². The smallest absolute Gasteiger partial charge is 0.200 e. The first-order chi connectivity index (χ1) is 19.6. The molecule has 0 saturated carbocycles. The normalized spacial score (nSPS) is 13.5. The number of fused-ring (bicyclic) bond motifs is 2. The number of hydrogen-bond donors (Lipinski definition) is 4. The fraction of sp³-hybridized carbons (Fsp3) is 0.548. The predicted molar refractivity (Wildman–Crippen MR) is 159 cm³/mol. The van der Waals surface area contributed by atoms with Crippen LogP contribution in [0.15, 0.2) is 12.1 Å². The number of nitrogens with one attached hydrogen (secondary N) is 2. The fourth-order valence-electron chi connectivity index (χ4n) is 5.43. The van der Waals surface area contributed by atoms with E-state index < -0.39 is 57.2 Å². The molecule has 8 nitrogen and oxygen atoms in total. The van der Waals surface area contributed by atoms with Gasteiger partial charge in [-0.05, 0) is 84.0 Å². The summed E-state index contributed by atoms with van der Waals surface area (Å²) >= 11 is 0. The Labute approximate surface area is 241 Å². The van der Waals surface area contributed by atoms with Gasteiger partial charge in [0.05, 0.1) is 33.6 Å². The van der Waals surface area contributed by atoms with Gasteiger partial charge >= 0.3 is 0 Å². The Balaban J connectivity index is 1.99. The second kappa shape index (κ2) is 14.6. The van der Waals surface area contributed by atoms with Crippen LogP contribution in [-0.2, 0) is 0 Å². The van der Waals surface area contributed by atoms with E-state index in [0.717, 1.165) is 64.2 Å². The lowest BCUT2D eigenvalue weighted by molar-refractivity contribution is 0.0974. The summed E-state index contributed by atoms with van der Waals surface area (Å²) in [4.78, 5) is 32.0. The van der Waals surface area contributed by atoms with Gasteiger partial charge in [0.15, 0.2) is 11.6 Å². The molecule has 0 saturated heterocycles. The Morgan fingerprint density at radius 3 is 1.71 bits per heavy atom. The summed E-state index contributed by atoms with van der Waals surface area (Å²) < 4.78 is 31.4. The van der Waals surface area contributed by atoms with Crippen LogP contribution in [0.4, 0.5) is 20.2 Å². The van der Waals surface area contributed by atoms with Crippen LogP contribution in [-0.4, -0.2) is 83.4 Å². The van der Waals surface area contributed by atoms with Crippen molar-refractivity contribution in [3.05, 3.63) is 46.0 Å². The summed E-state index contributed by atoms with van der Waals surface area (Å²) in [5.41, 5.74) is -2.35. The maximum atomic E-state index is 15.7. The van der Waals surface area contributed by atoms with E-state index in [1.165, 1.54) is 0 Å². The van der Waals surface area contributed by atoms with Gasteiger partial charge in [0.2, 0.25) is 11.6 Å². The number of nitrogens with zero attached hydrogens (tertiary/aromatic N) is 2. The summed E-state index contributed by atoms with van der Waals surface area (Å²) in [6.07, 6.45) is 2.83. The largest absolute Gasteiger partial charge is 0.507 e. The first-order valence-corrected chi connectivity index (χ1v) is 14.7. The molecular formula is C31H44F2N4O4. The zero-order valence-electron chi connectivity index (χ0n) is 24.9. The molecule has 0 fully saturated rings. The van der Waals surface area contributed by atoms with Crippen molar-refractivity contribution in [1.82, 2.24) is 9.80 Å². The number of anilines is 2. The highest BCUT2D eigenvalue weighted by atomic mass is 19.2. The highest BCUT2D eigenvalue weighted by Gasteiger charge is 2.41. The molecule has 1 unspecified atom stereocenters. The summed E-state index contributed by atoms with van der Waals surface area (Å²) in [7, 11) is 0. The second-order valence-corrected chi connectivity index (χ2v) is 10.5. The Morgan fingerprint density at radius 2 is 1.20 bits per heavy atom. The minimum absolute atomic E-state index is 0.249. The average Bonchev–Trinajstić information content (AvgIpc) is 2.96. The maximum Gasteiger partial charge on any atom is 0.200 e. The summed E-state index contributed by atoms with van der Waals surface area (Å²) in [6.45, 7) is 15.7. The molecule has 1 aliphatic carbocycles. The lowest BCUT2D eigenvalue weighted by Gasteiger charge is -2.27. The van der Waals surface area contributed by atoms with Gasteiger partial charge in [-0.15, -0.1) is 0 Å². The number of hydrogen-bond acceptors (Lipinski definition) is 8. The van der Waals surface area contributed by atoms with Gasteiger partial charge in [0, 0.05) is 12.6 Å². The predicted octanol–water partition coefficient (Wildman–Crippen LogP) is 5.61. The third-order valence-electron chi connectivity index (χ3n) is 7.95. The minimum Gasteiger partial charge on any atom is -0.507 e. The number of halogens is 2. The summed E-state index contributed by atoms with van der Waals surface area (Å²) in [6, 6.07) is 1.86. The van der Waals surface area contributed by atoms with E-state index in [2.05, 4.69) is 48.1 Å². The Hall–Kier alpha value is -3.24. The SMILES string of the molecule is CCN(CC)CCCCNc1c(F)c(F)c(NC(C)CCCN(CC)CC)c2c1C(=O)c1c(O)ccc(O)c1C2=O. The molecule has 0 aromatic heterocycles. The average molecular weight is 575 g/mol. The molecule has 0 radical (unpaired) electrons. The van der Waals surface area contributed by atoms with E-state index in [4.69, 9.17) is 0 Å². The number of aromatic hydroxyl groups is 2. The van der Waals surface area contributed by atoms with E-state index in [1.807, 2.05) is 0 Å². The van der Waals surface area contributed by atoms with Crippen LogP contribution in [0.5, 0.6) is 11.5 Å². The summed E-state index contributed by atoms with van der Waals surface area (Å²) in [5, 5.41) is 26.7. The van der Waals surface area contributed by atoms with E-state index in [9.17, 15) is 19.8 Å². The van der Waals surface area contributed by atoms with Crippen LogP contribution >= 0.6 is 0 Å². The van der Waals surface area contributed by atoms with Crippen LogP contribution in [0.2, 0.25) is 0 Å². The number of unbranched alkanes of at least 4 members (excludes halogenated alkanes) is 1. The standard InChI is InChI=1S/C31H44F2N4O4/c1-6-36(7-2)17-11-10-16-34-28-24-25(31(41)23-21(39)15-14-20(38)22(23)30(24)40)29(27(33)26(28)32)35-19(5)13-12-18-37(8-3)9-4/h14-15,19,34-35,38-39H,6-13,16-18H2,1-5H3. The highest BCUT2D eigenvalue weighted by molar-refractivity contribution is 6.33. The van der Waals surface area contributed by atoms with Gasteiger partial charge < -0.3 is 30.6 Å². The van der Waals surface area contributed by atoms with Crippen molar-refractivity contribution in [2.75, 3.05) is 56.4 Å². The third kappa shape index (κ3) is 6.98. The zero-order valence-corrected chi connectivity index (χ0v) is 24.9. The van der Waals surface area contributed by atoms with Gasteiger partial charge in [0.1, 0.15) is 11.5 Å². The molecule has 1 atom stereocenters. The number of ketones is 2. The van der Waals surface area contributed by atoms with Crippen molar-refractivity contribution < 1.29 is 28.6 Å². The van der Waals surface area contributed by atoms with Crippen LogP contribution in [0.25, 0.3) is 0 Å². The number of benzene rings is 2. The Morgan fingerprint density at radius 1 is 0.732 bits per heavy atom. The molecule has 0 spiro atoms. The van der Waals surface area contributed by atoms with Crippen molar-refractivity contribution in [3.8, 4) is 11.5 Å². The first kappa shape index (κ1) is 32.3. The molecule has 2 aromatic carbocycles. The van der Waals surface area contributed by atoms with Crippen LogP contribution in [0.3, 0.4) is 0 Å². The zero-order chi connectivity index (χ0) is 30.3. The summed E-state index contributed by atoms with van der Waals surface area (Å²) in [5.74, 6) is -5.29. The van der Waals surface area contributed by atoms with Crippen molar-refractivity contribution in [2.24, 2.45) is 0 Å². The van der Waals surface area contributed by atoms with Crippen molar-refractivity contribution in [1.29, 1.82) is 0 Å². The fourth-order valence-corrected chi connectivity index (χ4v) is 5.43. The third-order valence-corrected chi connectivity index (χ3v) is 7.95.